The molecule has 2 aliphatic rings. The number of hydrogen-bond donors (Lipinski definition) is 1. The molecule has 1 aromatic rings. The van der Waals surface area contributed by atoms with Gasteiger partial charge < -0.3 is 10.2 Å². The van der Waals surface area contributed by atoms with Gasteiger partial charge in [0.15, 0.2) is 0 Å². The fourth-order valence-electron chi connectivity index (χ4n) is 3.60. The molecule has 114 valence electrons. The molecule has 1 atom stereocenters. The standard InChI is InChI=1S/C17H25N3O/c1-2-6-16-13-19(14-7-4-3-5-8-14)17(21)20(16)15-9-11-18-12-10-15/h3-5,7-8,15-16,18H,2,6,9-13H2,1H3/t16-/m1/s1. The lowest BCUT2D eigenvalue weighted by Crippen LogP contribution is -2.48. The average molecular weight is 287 g/mol. The molecule has 1 aromatic carbocycles. The Balaban J connectivity index is 1.81. The highest BCUT2D eigenvalue weighted by atomic mass is 16.2. The Morgan fingerprint density at radius 2 is 1.90 bits per heavy atom. The highest BCUT2D eigenvalue weighted by molar-refractivity contribution is 5.94. The lowest BCUT2D eigenvalue weighted by molar-refractivity contribution is 0.154. The molecule has 0 aliphatic carbocycles. The number of anilines is 1. The van der Waals surface area contributed by atoms with Gasteiger partial charge in [0.1, 0.15) is 0 Å². The SMILES string of the molecule is CCC[C@@H]1CN(c2ccccc2)C(=O)N1C1CCNCC1. The van der Waals surface area contributed by atoms with Crippen molar-refractivity contribution in [1.82, 2.24) is 10.2 Å². The number of carbonyl (C=O) groups excluding carboxylic acids is 1. The summed E-state index contributed by atoms with van der Waals surface area (Å²) in [7, 11) is 0. The van der Waals surface area contributed by atoms with Crippen LogP contribution in [0, 0.1) is 0 Å². The first kappa shape index (κ1) is 14.4. The Bertz CT molecular complexity index is 470. The summed E-state index contributed by atoms with van der Waals surface area (Å²) in [6.45, 7) is 5.09. The molecule has 2 fully saturated rings. The van der Waals surface area contributed by atoms with Crippen LogP contribution >= 0.6 is 0 Å². The second-order valence-corrected chi connectivity index (χ2v) is 6.06. The second-order valence-electron chi connectivity index (χ2n) is 6.06. The normalized spacial score (nSPS) is 23.9. The van der Waals surface area contributed by atoms with Crippen molar-refractivity contribution in [3.05, 3.63) is 30.3 Å². The number of piperidine rings is 1. The van der Waals surface area contributed by atoms with Gasteiger partial charge in [0.05, 0.1) is 6.04 Å². The molecule has 0 spiro atoms. The molecule has 2 amide bonds. The van der Waals surface area contributed by atoms with Crippen LogP contribution in [0.3, 0.4) is 0 Å². The minimum atomic E-state index is 0.201. The van der Waals surface area contributed by atoms with Gasteiger partial charge in [0.2, 0.25) is 0 Å². The second kappa shape index (κ2) is 6.48. The number of hydrogen-bond acceptors (Lipinski definition) is 2. The molecule has 0 aromatic heterocycles. The number of nitrogens with one attached hydrogen (secondary N) is 1. The molecule has 1 N–H and O–H groups in total. The maximum Gasteiger partial charge on any atom is 0.325 e. The quantitative estimate of drug-likeness (QED) is 0.924. The molecule has 21 heavy (non-hydrogen) atoms. The molecule has 0 unspecified atom stereocenters. The van der Waals surface area contributed by atoms with E-state index in [0.29, 0.717) is 12.1 Å². The third-order valence-electron chi connectivity index (χ3n) is 4.63. The first-order valence-corrected chi connectivity index (χ1v) is 8.17. The number of para-hydroxylation sites is 1. The van der Waals surface area contributed by atoms with Crippen LogP contribution in [-0.4, -0.2) is 42.6 Å². The van der Waals surface area contributed by atoms with Crippen LogP contribution < -0.4 is 10.2 Å². The third-order valence-corrected chi connectivity index (χ3v) is 4.63. The zero-order valence-electron chi connectivity index (χ0n) is 12.8. The topological polar surface area (TPSA) is 35.6 Å². The van der Waals surface area contributed by atoms with Gasteiger partial charge >= 0.3 is 6.03 Å². The van der Waals surface area contributed by atoms with Gasteiger partial charge in [-0.2, -0.15) is 0 Å². The van der Waals surface area contributed by atoms with Crippen molar-refractivity contribution in [1.29, 1.82) is 0 Å². The van der Waals surface area contributed by atoms with E-state index in [4.69, 9.17) is 0 Å². The Hall–Kier alpha value is -1.55. The maximum absolute atomic E-state index is 12.9. The monoisotopic (exact) mass is 287 g/mol. The van der Waals surface area contributed by atoms with E-state index in [-0.39, 0.29) is 6.03 Å². The maximum atomic E-state index is 12.9. The summed E-state index contributed by atoms with van der Waals surface area (Å²) < 4.78 is 0. The van der Waals surface area contributed by atoms with E-state index in [1.807, 2.05) is 35.2 Å². The number of rotatable bonds is 4. The highest BCUT2D eigenvalue weighted by Gasteiger charge is 2.41. The lowest BCUT2D eigenvalue weighted by Gasteiger charge is -2.35. The lowest BCUT2D eigenvalue weighted by atomic mass is 10.0. The van der Waals surface area contributed by atoms with E-state index in [9.17, 15) is 4.79 Å². The van der Waals surface area contributed by atoms with Gasteiger partial charge in [-0.1, -0.05) is 31.5 Å². The molecule has 4 nitrogen and oxygen atoms in total. The first-order chi connectivity index (χ1) is 10.3. The minimum Gasteiger partial charge on any atom is -0.317 e. The van der Waals surface area contributed by atoms with Gasteiger partial charge in [0.25, 0.3) is 0 Å². The van der Waals surface area contributed by atoms with Crippen molar-refractivity contribution in [2.24, 2.45) is 0 Å². The summed E-state index contributed by atoms with van der Waals surface area (Å²) in [5, 5.41) is 3.39. The number of urea groups is 1. The van der Waals surface area contributed by atoms with E-state index in [1.165, 1.54) is 0 Å². The summed E-state index contributed by atoms with van der Waals surface area (Å²) >= 11 is 0. The Morgan fingerprint density at radius 3 is 2.57 bits per heavy atom. The van der Waals surface area contributed by atoms with Gasteiger partial charge in [-0.05, 0) is 44.5 Å². The van der Waals surface area contributed by atoms with Crippen molar-refractivity contribution in [3.8, 4) is 0 Å². The fraction of sp³-hybridized carbons (Fsp3) is 0.588. The third kappa shape index (κ3) is 2.91. The van der Waals surface area contributed by atoms with E-state index >= 15 is 0 Å². The fourth-order valence-corrected chi connectivity index (χ4v) is 3.60. The predicted molar refractivity (Wildman–Crippen MR) is 85.6 cm³/mol. The predicted octanol–water partition coefficient (Wildman–Crippen LogP) is 2.85. The Morgan fingerprint density at radius 1 is 1.19 bits per heavy atom. The number of benzene rings is 1. The van der Waals surface area contributed by atoms with Crippen LogP contribution in [0.5, 0.6) is 0 Å². The summed E-state index contributed by atoms with van der Waals surface area (Å²) in [6, 6.07) is 11.0. The van der Waals surface area contributed by atoms with Crippen molar-refractivity contribution in [2.45, 2.75) is 44.7 Å². The van der Waals surface area contributed by atoms with E-state index in [0.717, 1.165) is 51.0 Å². The van der Waals surface area contributed by atoms with Gasteiger partial charge in [-0.25, -0.2) is 4.79 Å². The van der Waals surface area contributed by atoms with Crippen LogP contribution in [0.2, 0.25) is 0 Å². The molecular formula is C17H25N3O. The molecule has 2 aliphatic heterocycles. The molecule has 2 heterocycles. The van der Waals surface area contributed by atoms with Crippen LogP contribution in [0.25, 0.3) is 0 Å². The highest BCUT2D eigenvalue weighted by Crippen LogP contribution is 2.29. The zero-order valence-corrected chi connectivity index (χ0v) is 12.8. The number of amides is 2. The van der Waals surface area contributed by atoms with Crippen LogP contribution in [-0.2, 0) is 0 Å². The molecular weight excluding hydrogens is 262 g/mol. The van der Waals surface area contributed by atoms with E-state index in [1.54, 1.807) is 0 Å². The Kier molecular flexibility index (Phi) is 4.44. The van der Waals surface area contributed by atoms with Crippen molar-refractivity contribution in [3.63, 3.8) is 0 Å². The number of carbonyl (C=O) groups is 1. The van der Waals surface area contributed by atoms with Crippen molar-refractivity contribution < 1.29 is 4.79 Å². The summed E-state index contributed by atoms with van der Waals surface area (Å²) in [6.07, 6.45) is 4.38. The van der Waals surface area contributed by atoms with Crippen LogP contribution in [0.15, 0.2) is 30.3 Å². The van der Waals surface area contributed by atoms with Crippen LogP contribution in [0.1, 0.15) is 32.6 Å². The Labute approximate surface area is 127 Å². The van der Waals surface area contributed by atoms with Gasteiger partial charge in [0, 0.05) is 18.3 Å². The molecule has 0 saturated carbocycles. The molecule has 0 bridgehead atoms. The number of nitrogens with zero attached hydrogens (tertiary/aromatic N) is 2. The molecule has 0 radical (unpaired) electrons. The minimum absolute atomic E-state index is 0.201. The smallest absolute Gasteiger partial charge is 0.317 e. The van der Waals surface area contributed by atoms with Gasteiger partial charge in [-0.3, -0.25) is 4.90 Å². The molecule has 4 heteroatoms. The van der Waals surface area contributed by atoms with Crippen molar-refractivity contribution in [2.75, 3.05) is 24.5 Å². The van der Waals surface area contributed by atoms with E-state index < -0.39 is 0 Å². The van der Waals surface area contributed by atoms with Crippen LogP contribution in [0.4, 0.5) is 10.5 Å². The largest absolute Gasteiger partial charge is 0.325 e. The van der Waals surface area contributed by atoms with E-state index in [2.05, 4.69) is 17.1 Å². The average Bonchev–Trinajstić information content (AvgIpc) is 2.86. The zero-order chi connectivity index (χ0) is 14.7. The summed E-state index contributed by atoms with van der Waals surface area (Å²) in [5.74, 6) is 0. The first-order valence-electron chi connectivity index (χ1n) is 8.17. The summed E-state index contributed by atoms with van der Waals surface area (Å²) in [5.41, 5.74) is 1.03. The van der Waals surface area contributed by atoms with Crippen molar-refractivity contribution >= 4 is 11.7 Å². The summed E-state index contributed by atoms with van der Waals surface area (Å²) in [4.78, 5) is 17.1. The molecule has 3 rings (SSSR count). The van der Waals surface area contributed by atoms with Gasteiger partial charge in [-0.15, -0.1) is 0 Å². The molecule has 2 saturated heterocycles.